The van der Waals surface area contributed by atoms with Crippen molar-refractivity contribution in [2.75, 3.05) is 72.9 Å². The summed E-state index contributed by atoms with van der Waals surface area (Å²) in [7, 11) is 3.91. The van der Waals surface area contributed by atoms with E-state index in [2.05, 4.69) is 26.2 Å². The Balaban J connectivity index is 1.43. The molecule has 10 nitrogen and oxygen atoms in total. The molecule has 0 saturated heterocycles. The zero-order valence-corrected chi connectivity index (χ0v) is 29.3. The molecule has 256 valence electrons. The number of likely N-dealkylation sites (N-methyl/N-ethyl adjacent to an activating group) is 1. The largest absolute Gasteiger partial charge is 0.392 e. The van der Waals surface area contributed by atoms with Crippen LogP contribution in [0.25, 0.3) is 21.8 Å². The summed E-state index contributed by atoms with van der Waals surface area (Å²) in [5, 5.41) is 24.0. The van der Waals surface area contributed by atoms with Gasteiger partial charge in [0.05, 0.1) is 28.9 Å². The Kier molecular flexibility index (Phi) is 12.1. The van der Waals surface area contributed by atoms with E-state index in [0.717, 1.165) is 33.2 Å². The molecule has 5 aromatic rings. The van der Waals surface area contributed by atoms with Gasteiger partial charge in [0.1, 0.15) is 0 Å². The topological polar surface area (TPSA) is 122 Å². The average Bonchev–Trinajstić information content (AvgIpc) is 3.08. The van der Waals surface area contributed by atoms with Crippen molar-refractivity contribution in [1.82, 2.24) is 15.2 Å². The molecular formula is C37H41Cl2N7O3. The van der Waals surface area contributed by atoms with E-state index >= 15 is 0 Å². The molecular weight excluding hydrogens is 661 g/mol. The predicted molar refractivity (Wildman–Crippen MR) is 203 cm³/mol. The van der Waals surface area contributed by atoms with Gasteiger partial charge in [-0.15, -0.1) is 23.2 Å². The number of halogens is 2. The first-order chi connectivity index (χ1) is 23.7. The van der Waals surface area contributed by atoms with Crippen molar-refractivity contribution >= 4 is 85.4 Å². The Bertz CT molecular complexity index is 1930. The van der Waals surface area contributed by atoms with Gasteiger partial charge in [-0.05, 0) is 80.7 Å². The third-order valence-corrected chi connectivity index (χ3v) is 8.37. The maximum Gasteiger partial charge on any atom is 0.323 e. The number of hydrogen-bond donors (Lipinski definition) is 5. The number of aryl methyl sites for hydroxylation is 1. The van der Waals surface area contributed by atoms with Crippen LogP contribution >= 0.6 is 23.2 Å². The molecule has 1 aromatic heterocycles. The summed E-state index contributed by atoms with van der Waals surface area (Å²) in [5.41, 5.74) is 6.84. The number of aliphatic hydroxyl groups excluding tert-OH is 1. The van der Waals surface area contributed by atoms with Crippen molar-refractivity contribution < 1.29 is 14.7 Å². The number of rotatable bonds is 14. The van der Waals surface area contributed by atoms with Gasteiger partial charge < -0.3 is 36.2 Å². The fourth-order valence-electron chi connectivity index (χ4n) is 5.63. The smallest absolute Gasteiger partial charge is 0.323 e. The molecule has 0 spiro atoms. The Morgan fingerprint density at radius 3 is 2.12 bits per heavy atom. The summed E-state index contributed by atoms with van der Waals surface area (Å²) in [6.07, 6.45) is 0. The van der Waals surface area contributed by atoms with E-state index in [1.165, 1.54) is 0 Å². The number of aliphatic hydroxyl groups is 1. The summed E-state index contributed by atoms with van der Waals surface area (Å²) in [4.78, 5) is 35.5. The highest BCUT2D eigenvalue weighted by molar-refractivity contribution is 6.19. The number of alkyl halides is 2. The molecule has 4 aromatic carbocycles. The molecule has 0 fully saturated rings. The van der Waals surface area contributed by atoms with E-state index in [1.54, 1.807) is 18.2 Å². The predicted octanol–water partition coefficient (Wildman–Crippen LogP) is 7.15. The van der Waals surface area contributed by atoms with Crippen molar-refractivity contribution in [3.05, 3.63) is 95.6 Å². The maximum atomic E-state index is 13.3. The molecule has 0 atom stereocenters. The standard InChI is InChI=1S/C37H41Cl2N7O3/c1-24-6-4-7-30-33(24)44-35-31(8-5-9-32(35)36(48)40-16-19-45(2)3)34(30)41-27-20-25(23-47)21-28(22-27)43-37(49)42-26-10-12-29(13-11-26)46(17-14-38)18-15-39/h4-13,20-22,47H,14-19,23H2,1-3H3,(H,40,48)(H,41,44)(H2,42,43,49). The van der Waals surface area contributed by atoms with Gasteiger partial charge in [-0.3, -0.25) is 4.79 Å². The average molecular weight is 703 g/mol. The quantitative estimate of drug-likeness (QED) is 0.0616. The highest BCUT2D eigenvalue weighted by atomic mass is 35.5. The van der Waals surface area contributed by atoms with Crippen LogP contribution in [0.15, 0.2) is 78.9 Å². The van der Waals surface area contributed by atoms with E-state index in [0.29, 0.717) is 71.6 Å². The number of para-hydroxylation sites is 2. The molecule has 0 aliphatic heterocycles. The molecule has 0 aliphatic rings. The number of amides is 3. The number of fused-ring (bicyclic) bond motifs is 2. The number of carbonyl (C=O) groups excluding carboxylic acids is 2. The number of nitrogens with one attached hydrogen (secondary N) is 4. The van der Waals surface area contributed by atoms with Crippen LogP contribution in [-0.2, 0) is 6.61 Å². The number of aromatic nitrogens is 1. The van der Waals surface area contributed by atoms with Crippen molar-refractivity contribution in [2.45, 2.75) is 13.5 Å². The molecule has 3 amide bonds. The van der Waals surface area contributed by atoms with Crippen molar-refractivity contribution in [3.63, 3.8) is 0 Å². The fraction of sp³-hybridized carbons (Fsp3) is 0.270. The van der Waals surface area contributed by atoms with E-state index in [1.807, 2.05) is 86.6 Å². The lowest BCUT2D eigenvalue weighted by Gasteiger charge is -2.23. The number of hydrogen-bond acceptors (Lipinski definition) is 7. The van der Waals surface area contributed by atoms with Crippen LogP contribution in [0.1, 0.15) is 21.5 Å². The van der Waals surface area contributed by atoms with Crippen LogP contribution in [0.4, 0.5) is 33.2 Å². The lowest BCUT2D eigenvalue weighted by Crippen LogP contribution is -2.31. The fourth-order valence-corrected chi connectivity index (χ4v) is 6.04. The molecule has 5 N–H and O–H groups in total. The van der Waals surface area contributed by atoms with E-state index in [9.17, 15) is 14.7 Å². The number of anilines is 5. The van der Waals surface area contributed by atoms with Gasteiger partial charge in [0.15, 0.2) is 0 Å². The Labute approximate surface area is 296 Å². The minimum absolute atomic E-state index is 0.198. The van der Waals surface area contributed by atoms with Gasteiger partial charge >= 0.3 is 6.03 Å². The minimum atomic E-state index is -0.437. The highest BCUT2D eigenvalue weighted by Gasteiger charge is 2.18. The number of pyridine rings is 1. The molecule has 0 saturated carbocycles. The second-order valence-electron chi connectivity index (χ2n) is 11.9. The monoisotopic (exact) mass is 701 g/mol. The van der Waals surface area contributed by atoms with Crippen LogP contribution in [-0.4, -0.2) is 79.0 Å². The SMILES string of the molecule is Cc1cccc2c(Nc3cc(CO)cc(NC(=O)Nc4ccc(N(CCCl)CCCl)cc4)c3)c3cccc(C(=O)NCCN(C)C)c3nc12. The van der Waals surface area contributed by atoms with Crippen molar-refractivity contribution in [1.29, 1.82) is 0 Å². The van der Waals surface area contributed by atoms with Gasteiger partial charge in [0.2, 0.25) is 0 Å². The van der Waals surface area contributed by atoms with Crippen molar-refractivity contribution in [3.8, 4) is 0 Å². The van der Waals surface area contributed by atoms with Gasteiger partial charge in [-0.25, -0.2) is 9.78 Å². The minimum Gasteiger partial charge on any atom is -0.392 e. The summed E-state index contributed by atoms with van der Waals surface area (Å²) in [6.45, 7) is 4.30. The normalized spacial score (nSPS) is 11.2. The van der Waals surface area contributed by atoms with Crippen LogP contribution in [0.2, 0.25) is 0 Å². The zero-order chi connectivity index (χ0) is 34.9. The Morgan fingerprint density at radius 2 is 1.45 bits per heavy atom. The third kappa shape index (κ3) is 8.90. The number of nitrogens with zero attached hydrogens (tertiary/aromatic N) is 3. The van der Waals surface area contributed by atoms with Gasteiger partial charge in [0, 0.05) is 71.5 Å². The van der Waals surface area contributed by atoms with Crippen LogP contribution < -0.4 is 26.2 Å². The highest BCUT2D eigenvalue weighted by Crippen LogP contribution is 2.36. The Morgan fingerprint density at radius 1 is 0.796 bits per heavy atom. The summed E-state index contributed by atoms with van der Waals surface area (Å²) in [6, 6.07) is 23.9. The first-order valence-corrected chi connectivity index (χ1v) is 17.1. The van der Waals surface area contributed by atoms with E-state index < -0.39 is 6.03 Å². The summed E-state index contributed by atoms with van der Waals surface area (Å²) in [5.74, 6) is 0.758. The Hall–Kier alpha value is -4.61. The molecule has 1 heterocycles. The van der Waals surface area contributed by atoms with Crippen molar-refractivity contribution in [2.24, 2.45) is 0 Å². The molecule has 0 radical (unpaired) electrons. The summed E-state index contributed by atoms with van der Waals surface area (Å²) < 4.78 is 0. The molecule has 12 heteroatoms. The first kappa shape index (κ1) is 35.7. The van der Waals surface area contributed by atoms with Crippen LogP contribution in [0.5, 0.6) is 0 Å². The zero-order valence-electron chi connectivity index (χ0n) is 27.8. The third-order valence-electron chi connectivity index (χ3n) is 8.03. The molecule has 5 rings (SSSR count). The summed E-state index contributed by atoms with van der Waals surface area (Å²) >= 11 is 11.9. The van der Waals surface area contributed by atoms with Gasteiger partial charge in [-0.2, -0.15) is 0 Å². The van der Waals surface area contributed by atoms with E-state index in [-0.39, 0.29) is 12.5 Å². The maximum absolute atomic E-state index is 13.3. The van der Waals surface area contributed by atoms with Gasteiger partial charge in [-0.1, -0.05) is 30.3 Å². The second kappa shape index (κ2) is 16.7. The van der Waals surface area contributed by atoms with Crippen LogP contribution in [0, 0.1) is 6.92 Å². The molecule has 0 bridgehead atoms. The first-order valence-electron chi connectivity index (χ1n) is 16.0. The number of urea groups is 1. The molecule has 0 aliphatic carbocycles. The van der Waals surface area contributed by atoms with Gasteiger partial charge in [0.25, 0.3) is 5.91 Å². The molecule has 0 unspecified atom stereocenters. The lowest BCUT2D eigenvalue weighted by atomic mass is 10.0. The van der Waals surface area contributed by atoms with Crippen LogP contribution in [0.3, 0.4) is 0 Å². The van der Waals surface area contributed by atoms with E-state index in [4.69, 9.17) is 28.2 Å². The number of benzene rings is 4. The lowest BCUT2D eigenvalue weighted by molar-refractivity contribution is 0.0952. The number of carbonyl (C=O) groups is 2. The molecule has 49 heavy (non-hydrogen) atoms. The second-order valence-corrected chi connectivity index (χ2v) is 12.7.